The number of hydrogen-bond acceptors (Lipinski definition) is 3. The molecule has 5 nitrogen and oxygen atoms in total. The molecule has 5 heteroatoms. The van der Waals surface area contributed by atoms with E-state index in [1.807, 2.05) is 31.2 Å². The quantitative estimate of drug-likeness (QED) is 0.438. The fraction of sp³-hybridized carbons (Fsp3) is 0.611. The summed E-state index contributed by atoms with van der Waals surface area (Å²) >= 11 is 0. The average Bonchev–Trinajstić information content (AvgIpc) is 3.03. The van der Waals surface area contributed by atoms with Gasteiger partial charge in [-0.05, 0) is 43.7 Å². The van der Waals surface area contributed by atoms with E-state index in [-0.39, 0.29) is 5.41 Å². The Morgan fingerprint density at radius 3 is 2.83 bits per heavy atom. The fourth-order valence-corrected chi connectivity index (χ4v) is 3.19. The van der Waals surface area contributed by atoms with Gasteiger partial charge in [-0.15, -0.1) is 0 Å². The highest BCUT2D eigenvalue weighted by molar-refractivity contribution is 5.92. The van der Waals surface area contributed by atoms with Gasteiger partial charge in [-0.1, -0.05) is 18.9 Å². The third kappa shape index (κ3) is 5.43. The zero-order chi connectivity index (χ0) is 16.5. The molecule has 1 saturated carbocycles. The first-order valence-electron chi connectivity index (χ1n) is 8.46. The molecule has 128 valence electrons. The number of nitrogens with one attached hydrogen (secondary N) is 1. The summed E-state index contributed by atoms with van der Waals surface area (Å²) in [5.41, 5.74) is 7.20. The Labute approximate surface area is 139 Å². The Morgan fingerprint density at radius 1 is 1.35 bits per heavy atom. The minimum atomic E-state index is 0.260. The van der Waals surface area contributed by atoms with Crippen molar-refractivity contribution in [1.29, 1.82) is 0 Å². The smallest absolute Gasteiger partial charge is 0.193 e. The number of hydrogen-bond donors (Lipinski definition) is 2. The molecule has 0 spiro atoms. The van der Waals surface area contributed by atoms with Crippen molar-refractivity contribution in [3.63, 3.8) is 0 Å². The van der Waals surface area contributed by atoms with E-state index in [0.29, 0.717) is 5.96 Å². The first kappa shape index (κ1) is 17.6. The van der Waals surface area contributed by atoms with Crippen molar-refractivity contribution in [2.24, 2.45) is 16.1 Å². The van der Waals surface area contributed by atoms with E-state index >= 15 is 0 Å². The number of benzene rings is 1. The lowest BCUT2D eigenvalue weighted by Gasteiger charge is -2.27. The molecule has 1 aliphatic carbocycles. The van der Waals surface area contributed by atoms with Crippen LogP contribution >= 0.6 is 0 Å². The van der Waals surface area contributed by atoms with Crippen LogP contribution in [0, 0.1) is 5.41 Å². The predicted molar refractivity (Wildman–Crippen MR) is 95.1 cm³/mol. The van der Waals surface area contributed by atoms with E-state index in [9.17, 15) is 0 Å². The molecule has 0 atom stereocenters. The molecule has 1 aromatic rings. The summed E-state index contributed by atoms with van der Waals surface area (Å²) in [5.74, 6) is 1.26. The molecule has 0 radical (unpaired) electrons. The van der Waals surface area contributed by atoms with Crippen LogP contribution in [0.3, 0.4) is 0 Å². The Bertz CT molecular complexity index is 511. The zero-order valence-electron chi connectivity index (χ0n) is 14.3. The Balaban J connectivity index is 1.93. The van der Waals surface area contributed by atoms with Gasteiger partial charge in [0.25, 0.3) is 0 Å². The molecule has 3 N–H and O–H groups in total. The van der Waals surface area contributed by atoms with Crippen molar-refractivity contribution >= 4 is 11.6 Å². The number of ether oxygens (including phenoxy) is 2. The molecular weight excluding hydrogens is 290 g/mol. The number of rotatable bonds is 8. The van der Waals surface area contributed by atoms with E-state index in [0.717, 1.165) is 37.6 Å². The second kappa shape index (κ2) is 8.77. The average molecular weight is 319 g/mol. The van der Waals surface area contributed by atoms with Gasteiger partial charge < -0.3 is 20.5 Å². The van der Waals surface area contributed by atoms with E-state index < -0.39 is 0 Å². The summed E-state index contributed by atoms with van der Waals surface area (Å²) in [7, 11) is 1.65. The van der Waals surface area contributed by atoms with Crippen LogP contribution in [0.15, 0.2) is 29.3 Å². The van der Waals surface area contributed by atoms with Gasteiger partial charge in [0.1, 0.15) is 5.75 Å². The third-order valence-corrected chi connectivity index (χ3v) is 4.57. The van der Waals surface area contributed by atoms with Crippen molar-refractivity contribution < 1.29 is 9.47 Å². The molecule has 0 bridgehead atoms. The Hall–Kier alpha value is -1.75. The molecule has 0 heterocycles. The molecule has 2 rings (SSSR count). The van der Waals surface area contributed by atoms with Gasteiger partial charge in [-0.25, -0.2) is 0 Å². The van der Waals surface area contributed by atoms with Crippen LogP contribution in [0.5, 0.6) is 5.75 Å². The van der Waals surface area contributed by atoms with Crippen LogP contribution < -0.4 is 15.8 Å². The van der Waals surface area contributed by atoms with Gasteiger partial charge in [-0.2, -0.15) is 0 Å². The van der Waals surface area contributed by atoms with Gasteiger partial charge in [0.05, 0.1) is 7.11 Å². The number of nitrogens with two attached hydrogens (primary N) is 1. The minimum absolute atomic E-state index is 0.260. The van der Waals surface area contributed by atoms with Crippen LogP contribution in [0.25, 0.3) is 0 Å². The highest BCUT2D eigenvalue weighted by Gasteiger charge is 2.33. The topological polar surface area (TPSA) is 68.9 Å². The molecule has 23 heavy (non-hydrogen) atoms. The van der Waals surface area contributed by atoms with Gasteiger partial charge in [0.15, 0.2) is 5.96 Å². The van der Waals surface area contributed by atoms with E-state index in [1.165, 1.54) is 25.7 Å². The van der Waals surface area contributed by atoms with Crippen molar-refractivity contribution in [3.8, 4) is 5.75 Å². The lowest BCUT2D eigenvalue weighted by atomic mass is 9.83. The second-order valence-electron chi connectivity index (χ2n) is 6.21. The van der Waals surface area contributed by atoms with E-state index in [4.69, 9.17) is 15.2 Å². The summed E-state index contributed by atoms with van der Waals surface area (Å²) in [6.07, 6.45) is 6.07. The lowest BCUT2D eigenvalue weighted by Crippen LogP contribution is -2.28. The van der Waals surface area contributed by atoms with Crippen LogP contribution in [0.4, 0.5) is 5.69 Å². The number of aliphatic imine (C=N–C) groups is 1. The molecule has 0 unspecified atom stereocenters. The van der Waals surface area contributed by atoms with Crippen LogP contribution in [-0.4, -0.2) is 32.8 Å². The van der Waals surface area contributed by atoms with Crippen molar-refractivity contribution in [3.05, 3.63) is 24.3 Å². The maximum Gasteiger partial charge on any atom is 0.193 e. The lowest BCUT2D eigenvalue weighted by molar-refractivity contribution is 0.107. The molecular formula is C18H29N3O2. The number of anilines is 1. The summed E-state index contributed by atoms with van der Waals surface area (Å²) in [6, 6.07) is 7.68. The molecule has 0 saturated heterocycles. The Kier molecular flexibility index (Phi) is 6.71. The number of nitrogens with zero attached hydrogens (tertiary/aromatic N) is 1. The predicted octanol–water partition coefficient (Wildman–Crippen LogP) is 3.41. The van der Waals surface area contributed by atoms with E-state index in [2.05, 4.69) is 10.3 Å². The van der Waals surface area contributed by atoms with Crippen LogP contribution in [-0.2, 0) is 4.74 Å². The standard InChI is InChI=1S/C18H29N3O2/c1-3-23-12-11-18(9-4-5-10-18)14-20-17(19)21-15-7-6-8-16(13-15)22-2/h6-8,13H,3-5,9-12,14H2,1-2H3,(H3,19,20,21). The van der Waals surface area contributed by atoms with Gasteiger partial charge >= 0.3 is 0 Å². The third-order valence-electron chi connectivity index (χ3n) is 4.57. The second-order valence-corrected chi connectivity index (χ2v) is 6.21. The monoisotopic (exact) mass is 319 g/mol. The number of methoxy groups -OCH3 is 1. The highest BCUT2D eigenvalue weighted by atomic mass is 16.5. The van der Waals surface area contributed by atoms with Crippen molar-refractivity contribution in [2.45, 2.75) is 39.0 Å². The molecule has 1 aliphatic rings. The molecule has 1 fully saturated rings. The first-order valence-corrected chi connectivity index (χ1v) is 8.46. The first-order chi connectivity index (χ1) is 11.2. The van der Waals surface area contributed by atoms with Crippen molar-refractivity contribution in [2.75, 3.05) is 32.2 Å². The molecule has 1 aromatic carbocycles. The summed E-state index contributed by atoms with van der Waals surface area (Å²) < 4.78 is 10.8. The SMILES string of the molecule is CCOCCC1(CN=C(N)Nc2cccc(OC)c2)CCCC1. The van der Waals surface area contributed by atoms with Gasteiger partial charge in [0.2, 0.25) is 0 Å². The van der Waals surface area contributed by atoms with E-state index in [1.54, 1.807) is 7.11 Å². The van der Waals surface area contributed by atoms with Crippen LogP contribution in [0.2, 0.25) is 0 Å². The molecule has 0 aliphatic heterocycles. The maximum atomic E-state index is 6.06. The number of guanidine groups is 1. The Morgan fingerprint density at radius 2 is 2.13 bits per heavy atom. The van der Waals surface area contributed by atoms with Crippen LogP contribution in [0.1, 0.15) is 39.0 Å². The highest BCUT2D eigenvalue weighted by Crippen LogP contribution is 2.41. The summed E-state index contributed by atoms with van der Waals surface area (Å²) in [5, 5.41) is 3.14. The normalized spacial score (nSPS) is 17.2. The largest absolute Gasteiger partial charge is 0.497 e. The van der Waals surface area contributed by atoms with Crippen molar-refractivity contribution in [1.82, 2.24) is 0 Å². The fourth-order valence-electron chi connectivity index (χ4n) is 3.19. The van der Waals surface area contributed by atoms with Gasteiger partial charge in [0, 0.05) is 31.5 Å². The maximum absolute atomic E-state index is 6.06. The molecule has 0 aromatic heterocycles. The molecule has 0 amide bonds. The summed E-state index contributed by atoms with van der Waals surface area (Å²) in [4.78, 5) is 4.59. The minimum Gasteiger partial charge on any atom is -0.497 e. The van der Waals surface area contributed by atoms with Gasteiger partial charge in [-0.3, -0.25) is 4.99 Å². The summed E-state index contributed by atoms with van der Waals surface area (Å²) in [6.45, 7) is 4.40. The zero-order valence-corrected chi connectivity index (χ0v) is 14.3.